The van der Waals surface area contributed by atoms with E-state index in [4.69, 9.17) is 13.3 Å². The molecule has 1 aromatic carbocycles. The van der Waals surface area contributed by atoms with Gasteiger partial charge in [0.2, 0.25) is 0 Å². The molecule has 0 spiro atoms. The van der Waals surface area contributed by atoms with E-state index in [0.717, 1.165) is 42.5 Å². The minimum atomic E-state index is -2.57. The molecule has 1 aromatic rings. The topological polar surface area (TPSA) is 34.2 Å². The quantitative estimate of drug-likeness (QED) is 0.409. The summed E-state index contributed by atoms with van der Waals surface area (Å²) in [6.07, 6.45) is 1.00. The predicted octanol–water partition coefficient (Wildman–Crippen LogP) is 3.98. The predicted molar refractivity (Wildman–Crippen MR) is 132 cm³/mol. The van der Waals surface area contributed by atoms with E-state index in [2.05, 4.69) is 50.2 Å². The Balaban J connectivity index is 3.01. The van der Waals surface area contributed by atoms with E-state index >= 15 is 0 Å². The molecule has 0 N–H and O–H groups in total. The third-order valence-corrected chi connectivity index (χ3v) is 9.84. The van der Waals surface area contributed by atoms with Gasteiger partial charge in [-0.05, 0) is 84.6 Å². The molecule has 7 heteroatoms. The average Bonchev–Trinajstić information content (AvgIpc) is 2.69. The Labute approximate surface area is 183 Å². The first-order valence-electron chi connectivity index (χ1n) is 11.3. The molecule has 5 nitrogen and oxygen atoms in total. The van der Waals surface area contributed by atoms with Gasteiger partial charge in [-0.15, -0.1) is 0 Å². The fourth-order valence-electron chi connectivity index (χ4n) is 4.06. The van der Waals surface area contributed by atoms with E-state index in [1.807, 2.05) is 20.8 Å². The Hall–Kier alpha value is -0.866. The van der Waals surface area contributed by atoms with Crippen LogP contribution in [0.1, 0.15) is 57.7 Å². The van der Waals surface area contributed by atoms with Crippen molar-refractivity contribution in [2.45, 2.75) is 67.9 Å². The van der Waals surface area contributed by atoms with E-state index in [1.165, 1.54) is 28.1 Å². The normalized spacial score (nSPS) is 11.9. The van der Waals surface area contributed by atoms with Crippen molar-refractivity contribution in [1.82, 2.24) is 0 Å². The van der Waals surface area contributed by atoms with Gasteiger partial charge in [0.15, 0.2) is 0 Å². The van der Waals surface area contributed by atoms with Gasteiger partial charge in [0.05, 0.1) is 0 Å². The van der Waals surface area contributed by atoms with E-state index < -0.39 is 8.80 Å². The molecule has 168 valence electrons. The molecule has 29 heavy (non-hydrogen) atoms. The monoisotopic (exact) mass is 440 g/mol. The standard InChI is InChI=1S/C22H44N2O3Si2/c1-9-23(15-14-16-29(25-11-3,26-12-4)27-13-5)21-17-18(6)22(24(28)10-2)20(8)19(21)7/h17H,9-16H2,1-8,28H3. The minimum Gasteiger partial charge on any atom is -0.406 e. The van der Waals surface area contributed by atoms with Gasteiger partial charge in [0.25, 0.3) is 0 Å². The van der Waals surface area contributed by atoms with Gasteiger partial charge in [0.1, 0.15) is 10.4 Å². The molecule has 0 saturated carbocycles. The Bertz CT molecular complexity index is 612. The highest BCUT2D eigenvalue weighted by Crippen LogP contribution is 2.34. The zero-order chi connectivity index (χ0) is 22.0. The van der Waals surface area contributed by atoms with Crippen LogP contribution in [-0.2, 0) is 13.3 Å². The van der Waals surface area contributed by atoms with Crippen LogP contribution in [0, 0.1) is 20.8 Å². The molecule has 0 unspecified atom stereocenters. The third-order valence-electron chi connectivity index (χ3n) is 5.61. The SMILES string of the molecule is CCO[Si](CCCN(CC)c1cc(C)c(N([SiH3])CC)c(C)c1C)(OCC)OCC. The number of benzene rings is 1. The van der Waals surface area contributed by atoms with E-state index in [-0.39, 0.29) is 0 Å². The van der Waals surface area contributed by atoms with Gasteiger partial charge in [-0.25, -0.2) is 0 Å². The first-order valence-corrected chi connectivity index (χ1v) is 14.1. The van der Waals surface area contributed by atoms with Gasteiger partial charge in [-0.3, -0.25) is 0 Å². The summed E-state index contributed by atoms with van der Waals surface area (Å²) < 4.78 is 20.5. The van der Waals surface area contributed by atoms with Gasteiger partial charge < -0.3 is 22.7 Å². The lowest BCUT2D eigenvalue weighted by molar-refractivity contribution is 0.0709. The molecular formula is C22H44N2O3Si2. The lowest BCUT2D eigenvalue weighted by Crippen LogP contribution is -2.46. The van der Waals surface area contributed by atoms with Crippen LogP contribution in [0.25, 0.3) is 0 Å². The maximum absolute atomic E-state index is 6.02. The van der Waals surface area contributed by atoms with Gasteiger partial charge in [0, 0.05) is 56.9 Å². The Morgan fingerprint density at radius 2 is 1.41 bits per heavy atom. The van der Waals surface area contributed by atoms with E-state index in [1.54, 1.807) is 0 Å². The van der Waals surface area contributed by atoms with Gasteiger partial charge >= 0.3 is 8.80 Å². The second-order valence-electron chi connectivity index (χ2n) is 7.49. The third kappa shape index (κ3) is 6.82. The van der Waals surface area contributed by atoms with Crippen molar-refractivity contribution in [1.29, 1.82) is 0 Å². The highest BCUT2D eigenvalue weighted by atomic mass is 28.4. The van der Waals surface area contributed by atoms with E-state index in [0.29, 0.717) is 19.8 Å². The number of anilines is 2. The second-order valence-corrected chi connectivity index (χ2v) is 11.3. The van der Waals surface area contributed by atoms with Crippen LogP contribution in [0.2, 0.25) is 6.04 Å². The molecule has 0 radical (unpaired) electrons. The smallest absolute Gasteiger partial charge is 0.406 e. The van der Waals surface area contributed by atoms with Crippen LogP contribution in [0.5, 0.6) is 0 Å². The number of aryl methyl sites for hydroxylation is 1. The van der Waals surface area contributed by atoms with Crippen molar-refractivity contribution < 1.29 is 13.3 Å². The van der Waals surface area contributed by atoms with E-state index in [9.17, 15) is 0 Å². The summed E-state index contributed by atoms with van der Waals surface area (Å²) >= 11 is 0. The molecule has 0 bridgehead atoms. The van der Waals surface area contributed by atoms with Crippen molar-refractivity contribution in [3.05, 3.63) is 22.8 Å². The maximum atomic E-state index is 6.02. The van der Waals surface area contributed by atoms with Crippen molar-refractivity contribution >= 4 is 30.6 Å². The largest absolute Gasteiger partial charge is 0.500 e. The molecule has 0 amide bonds. The second kappa shape index (κ2) is 12.7. The Morgan fingerprint density at radius 1 is 0.862 bits per heavy atom. The van der Waals surface area contributed by atoms with Crippen LogP contribution in [0.3, 0.4) is 0 Å². The van der Waals surface area contributed by atoms with Crippen LogP contribution < -0.4 is 9.47 Å². The minimum absolute atomic E-state index is 0.636. The molecule has 0 aliphatic rings. The first kappa shape index (κ1) is 26.2. The molecule has 0 aliphatic carbocycles. The fourth-order valence-corrected chi connectivity index (χ4v) is 7.34. The van der Waals surface area contributed by atoms with Crippen LogP contribution in [0.15, 0.2) is 6.07 Å². The lowest BCUT2D eigenvalue weighted by atomic mass is 10.00. The number of rotatable bonds is 14. The van der Waals surface area contributed by atoms with Crippen molar-refractivity contribution in [3.8, 4) is 0 Å². The number of hydrogen-bond donors (Lipinski definition) is 0. The molecule has 0 fully saturated rings. The van der Waals surface area contributed by atoms with Crippen molar-refractivity contribution in [2.75, 3.05) is 48.9 Å². The summed E-state index contributed by atoms with van der Waals surface area (Å²) in [6, 6.07) is 3.23. The molecule has 0 aliphatic heterocycles. The zero-order valence-corrected chi connectivity index (χ0v) is 23.4. The molecule has 1 rings (SSSR count). The molecule has 0 heterocycles. The number of hydrogen-bond acceptors (Lipinski definition) is 5. The fraction of sp³-hybridized carbons (Fsp3) is 0.727. The summed E-state index contributed by atoms with van der Waals surface area (Å²) in [5.74, 6) is 0. The molecular weight excluding hydrogens is 396 g/mol. The zero-order valence-electron chi connectivity index (χ0n) is 20.4. The van der Waals surface area contributed by atoms with Crippen LogP contribution in [-0.4, -0.2) is 58.7 Å². The van der Waals surface area contributed by atoms with Crippen molar-refractivity contribution in [2.24, 2.45) is 0 Å². The van der Waals surface area contributed by atoms with Gasteiger partial charge in [-0.2, -0.15) is 0 Å². The lowest BCUT2D eigenvalue weighted by Gasteiger charge is -2.32. The van der Waals surface area contributed by atoms with Crippen molar-refractivity contribution in [3.63, 3.8) is 0 Å². The summed E-state index contributed by atoms with van der Waals surface area (Å²) in [5.41, 5.74) is 6.96. The highest BCUT2D eigenvalue weighted by Gasteiger charge is 2.39. The van der Waals surface area contributed by atoms with Crippen LogP contribution >= 0.6 is 0 Å². The van der Waals surface area contributed by atoms with Crippen LogP contribution in [0.4, 0.5) is 11.4 Å². The first-order chi connectivity index (χ1) is 13.8. The summed E-state index contributed by atoms with van der Waals surface area (Å²) in [7, 11) is -1.52. The maximum Gasteiger partial charge on any atom is 0.500 e. The molecule has 0 atom stereocenters. The molecule has 0 aromatic heterocycles. The Morgan fingerprint density at radius 3 is 1.86 bits per heavy atom. The van der Waals surface area contributed by atoms with Gasteiger partial charge in [-0.1, -0.05) is 0 Å². The summed E-state index contributed by atoms with van der Waals surface area (Å²) in [5, 5.41) is 0. The Kier molecular flexibility index (Phi) is 11.5. The average molecular weight is 441 g/mol. The summed E-state index contributed by atoms with van der Waals surface area (Å²) in [6.45, 7) is 22.3. The number of nitrogens with zero attached hydrogens (tertiary/aromatic N) is 2. The summed E-state index contributed by atoms with van der Waals surface area (Å²) in [4.78, 5) is 2.49. The molecule has 0 saturated heterocycles. The highest BCUT2D eigenvalue weighted by molar-refractivity contribution is 6.60.